The zero-order chi connectivity index (χ0) is 12.2. The van der Waals surface area contributed by atoms with Crippen molar-refractivity contribution in [2.45, 2.75) is 59.4 Å². The van der Waals surface area contributed by atoms with E-state index in [1.165, 1.54) is 12.0 Å². The Hall–Kier alpha value is -0.500. The lowest BCUT2D eigenvalue weighted by Gasteiger charge is -2.27. The first-order chi connectivity index (χ1) is 7.38. The van der Waals surface area contributed by atoms with Gasteiger partial charge in [0.25, 0.3) is 0 Å². The first-order valence-corrected chi connectivity index (χ1v) is 6.44. The van der Waals surface area contributed by atoms with Gasteiger partial charge in [0.1, 0.15) is 0 Å². The molecule has 2 heteroatoms. The average Bonchev–Trinajstić information content (AvgIpc) is 2.16. The largest absolute Gasteiger partial charge is 0.501 e. The first-order valence-electron chi connectivity index (χ1n) is 6.44. The topological polar surface area (TPSA) is 35.2 Å². The molecule has 94 valence electrons. The van der Waals surface area contributed by atoms with Crippen LogP contribution in [0.15, 0.2) is 11.8 Å². The van der Waals surface area contributed by atoms with Crippen molar-refractivity contribution in [1.29, 1.82) is 0 Å². The predicted molar refractivity (Wildman–Crippen MR) is 69.1 cm³/mol. The van der Waals surface area contributed by atoms with Gasteiger partial charge in [0.2, 0.25) is 0 Å². The normalized spacial score (nSPS) is 20.9. The summed E-state index contributed by atoms with van der Waals surface area (Å²) in [5.41, 5.74) is 7.92. The molecule has 1 aliphatic rings. The van der Waals surface area contributed by atoms with Gasteiger partial charge in [-0.15, -0.1) is 0 Å². The van der Waals surface area contributed by atoms with Crippen LogP contribution in [0.2, 0.25) is 0 Å². The summed E-state index contributed by atoms with van der Waals surface area (Å²) in [4.78, 5) is 0. The van der Waals surface area contributed by atoms with Crippen LogP contribution in [0.5, 0.6) is 0 Å². The van der Waals surface area contributed by atoms with Crippen LogP contribution in [0, 0.1) is 11.3 Å². The summed E-state index contributed by atoms with van der Waals surface area (Å²) in [6, 6.07) is 0.192. The van der Waals surface area contributed by atoms with E-state index in [2.05, 4.69) is 27.7 Å². The van der Waals surface area contributed by atoms with Gasteiger partial charge in [-0.2, -0.15) is 0 Å². The Bertz CT molecular complexity index is 240. The van der Waals surface area contributed by atoms with E-state index in [4.69, 9.17) is 10.5 Å². The van der Waals surface area contributed by atoms with Crippen molar-refractivity contribution in [2.24, 2.45) is 17.1 Å². The number of ether oxygens (including phenoxy) is 1. The summed E-state index contributed by atoms with van der Waals surface area (Å²) in [7, 11) is 0. The van der Waals surface area contributed by atoms with E-state index < -0.39 is 0 Å². The highest BCUT2D eigenvalue weighted by molar-refractivity contribution is 5.09. The fourth-order valence-corrected chi connectivity index (χ4v) is 2.57. The minimum atomic E-state index is 0.192. The molecular formula is C14H27NO. The molecular weight excluding hydrogens is 198 g/mol. The summed E-state index contributed by atoms with van der Waals surface area (Å²) < 4.78 is 5.34. The number of nitrogens with two attached hydrogens (primary N) is 1. The fourth-order valence-electron chi connectivity index (χ4n) is 2.57. The Balaban J connectivity index is 2.38. The molecule has 0 bridgehead atoms. The molecule has 0 aliphatic carbocycles. The predicted octanol–water partition coefficient (Wildman–Crippen LogP) is 3.47. The summed E-state index contributed by atoms with van der Waals surface area (Å²) in [5, 5.41) is 0. The van der Waals surface area contributed by atoms with Crippen LogP contribution in [-0.4, -0.2) is 12.6 Å². The van der Waals surface area contributed by atoms with Gasteiger partial charge in [-0.25, -0.2) is 0 Å². The molecule has 0 fully saturated rings. The maximum Gasteiger partial charge on any atom is 0.0876 e. The second kappa shape index (κ2) is 5.72. The van der Waals surface area contributed by atoms with Crippen LogP contribution in [0.1, 0.15) is 53.4 Å². The second-order valence-corrected chi connectivity index (χ2v) is 6.38. The lowest BCUT2D eigenvalue weighted by atomic mass is 9.82. The third-order valence-electron chi connectivity index (χ3n) is 3.06. The molecule has 2 N–H and O–H groups in total. The molecule has 0 spiro atoms. The van der Waals surface area contributed by atoms with Gasteiger partial charge in [-0.3, -0.25) is 0 Å². The van der Waals surface area contributed by atoms with E-state index in [1.807, 2.05) is 6.26 Å². The smallest absolute Gasteiger partial charge is 0.0876 e. The highest BCUT2D eigenvalue weighted by Crippen LogP contribution is 2.28. The van der Waals surface area contributed by atoms with E-state index in [9.17, 15) is 0 Å². The summed E-state index contributed by atoms with van der Waals surface area (Å²) in [6.45, 7) is 10.0. The van der Waals surface area contributed by atoms with Crippen LogP contribution < -0.4 is 5.73 Å². The molecule has 1 rings (SSSR count). The van der Waals surface area contributed by atoms with E-state index in [0.717, 1.165) is 25.9 Å². The quantitative estimate of drug-likeness (QED) is 0.795. The zero-order valence-corrected chi connectivity index (χ0v) is 11.3. The second-order valence-electron chi connectivity index (χ2n) is 6.38. The summed E-state index contributed by atoms with van der Waals surface area (Å²) in [6.07, 6.45) is 6.43. The molecule has 0 aromatic carbocycles. The molecule has 2 unspecified atom stereocenters. The van der Waals surface area contributed by atoms with Crippen LogP contribution in [0.25, 0.3) is 0 Å². The highest BCUT2D eigenvalue weighted by Gasteiger charge is 2.20. The average molecular weight is 225 g/mol. The van der Waals surface area contributed by atoms with Crippen molar-refractivity contribution in [3.05, 3.63) is 11.8 Å². The van der Waals surface area contributed by atoms with Crippen molar-refractivity contribution in [3.8, 4) is 0 Å². The van der Waals surface area contributed by atoms with Crippen LogP contribution in [-0.2, 0) is 4.74 Å². The van der Waals surface area contributed by atoms with Crippen molar-refractivity contribution < 1.29 is 4.74 Å². The molecule has 0 radical (unpaired) electrons. The number of rotatable bonds is 4. The van der Waals surface area contributed by atoms with E-state index in [1.54, 1.807) is 0 Å². The fraction of sp³-hybridized carbons (Fsp3) is 0.857. The Morgan fingerprint density at radius 2 is 2.12 bits per heavy atom. The summed E-state index contributed by atoms with van der Waals surface area (Å²) in [5.74, 6) is 0.679. The van der Waals surface area contributed by atoms with Gasteiger partial charge >= 0.3 is 0 Å². The zero-order valence-electron chi connectivity index (χ0n) is 11.3. The minimum absolute atomic E-state index is 0.192. The molecule has 0 saturated carbocycles. The standard InChI is InChI=1S/C14H27NO/c1-11(9-14(2,3)4)8-13(15)12-6-5-7-16-10-12/h10-11,13H,5-9,15H2,1-4H3. The van der Waals surface area contributed by atoms with E-state index >= 15 is 0 Å². The monoisotopic (exact) mass is 225 g/mol. The maximum absolute atomic E-state index is 6.22. The lowest BCUT2D eigenvalue weighted by Crippen LogP contribution is -2.28. The molecule has 2 nitrogen and oxygen atoms in total. The number of hydrogen-bond acceptors (Lipinski definition) is 2. The molecule has 16 heavy (non-hydrogen) atoms. The Labute approximate surface area is 100 Å². The number of hydrogen-bond donors (Lipinski definition) is 1. The molecule has 2 atom stereocenters. The van der Waals surface area contributed by atoms with Crippen LogP contribution in [0.3, 0.4) is 0 Å². The maximum atomic E-state index is 6.22. The van der Waals surface area contributed by atoms with Crippen LogP contribution >= 0.6 is 0 Å². The van der Waals surface area contributed by atoms with Gasteiger partial charge in [-0.1, -0.05) is 27.7 Å². The van der Waals surface area contributed by atoms with Crippen molar-refractivity contribution in [3.63, 3.8) is 0 Å². The molecule has 0 aromatic heterocycles. The van der Waals surface area contributed by atoms with Crippen molar-refractivity contribution in [2.75, 3.05) is 6.61 Å². The van der Waals surface area contributed by atoms with Crippen molar-refractivity contribution in [1.82, 2.24) is 0 Å². The molecule has 0 aromatic rings. The van der Waals surface area contributed by atoms with Gasteiger partial charge in [-0.05, 0) is 42.6 Å². The SMILES string of the molecule is CC(CC(N)C1=COCCC1)CC(C)(C)C. The first kappa shape index (κ1) is 13.6. The van der Waals surface area contributed by atoms with Crippen LogP contribution in [0.4, 0.5) is 0 Å². The lowest BCUT2D eigenvalue weighted by molar-refractivity contribution is 0.218. The third kappa shape index (κ3) is 5.02. The Kier molecular flexibility index (Phi) is 4.85. The molecule has 0 saturated heterocycles. The van der Waals surface area contributed by atoms with Gasteiger partial charge < -0.3 is 10.5 Å². The third-order valence-corrected chi connectivity index (χ3v) is 3.06. The Morgan fingerprint density at radius 1 is 1.44 bits per heavy atom. The van der Waals surface area contributed by atoms with Gasteiger partial charge in [0.15, 0.2) is 0 Å². The van der Waals surface area contributed by atoms with Crippen molar-refractivity contribution >= 4 is 0 Å². The van der Waals surface area contributed by atoms with E-state index in [0.29, 0.717) is 11.3 Å². The van der Waals surface area contributed by atoms with E-state index in [-0.39, 0.29) is 6.04 Å². The summed E-state index contributed by atoms with van der Waals surface area (Å²) >= 11 is 0. The van der Waals surface area contributed by atoms with Gasteiger partial charge in [0.05, 0.1) is 12.9 Å². The highest BCUT2D eigenvalue weighted by atomic mass is 16.5. The molecule has 0 amide bonds. The van der Waals surface area contributed by atoms with Gasteiger partial charge in [0, 0.05) is 6.04 Å². The minimum Gasteiger partial charge on any atom is -0.501 e. The molecule has 1 heterocycles. The Morgan fingerprint density at radius 3 is 2.62 bits per heavy atom. The molecule has 1 aliphatic heterocycles.